The first-order valence-corrected chi connectivity index (χ1v) is 6.80. The highest BCUT2D eigenvalue weighted by molar-refractivity contribution is 8.00. The van der Waals surface area contributed by atoms with E-state index >= 15 is 0 Å². The molecule has 3 heteroatoms. The summed E-state index contributed by atoms with van der Waals surface area (Å²) in [5.41, 5.74) is 6.46. The molecule has 2 rings (SSSR count). The molecular weight excluding hydrogens is 192 g/mol. The van der Waals surface area contributed by atoms with Gasteiger partial charge in [0.1, 0.15) is 0 Å². The average molecular weight is 214 g/mol. The Morgan fingerprint density at radius 1 is 1.43 bits per heavy atom. The van der Waals surface area contributed by atoms with E-state index in [0.717, 1.165) is 11.8 Å². The minimum absolute atomic E-state index is 0.163. The van der Waals surface area contributed by atoms with Crippen LogP contribution in [0.25, 0.3) is 0 Å². The van der Waals surface area contributed by atoms with Crippen LogP contribution in [-0.2, 0) is 0 Å². The van der Waals surface area contributed by atoms with Crippen molar-refractivity contribution in [2.45, 2.75) is 49.9 Å². The van der Waals surface area contributed by atoms with Crippen LogP contribution in [0.2, 0.25) is 0 Å². The van der Waals surface area contributed by atoms with E-state index in [-0.39, 0.29) is 5.54 Å². The number of hydrogen-bond donors (Lipinski definition) is 1. The summed E-state index contributed by atoms with van der Waals surface area (Å²) >= 11 is 2.10. The molecule has 0 aromatic carbocycles. The number of rotatable bonds is 2. The maximum absolute atomic E-state index is 6.29. The molecule has 2 N–H and O–H groups in total. The first-order valence-electron chi connectivity index (χ1n) is 5.75. The van der Waals surface area contributed by atoms with Crippen molar-refractivity contribution < 1.29 is 0 Å². The molecule has 0 amide bonds. The maximum Gasteiger partial charge on any atom is 0.0283 e. The maximum atomic E-state index is 6.29. The summed E-state index contributed by atoms with van der Waals surface area (Å²) in [4.78, 5) is 2.60. The smallest absolute Gasteiger partial charge is 0.0283 e. The summed E-state index contributed by atoms with van der Waals surface area (Å²) in [6.45, 7) is 7.04. The first-order chi connectivity index (χ1) is 6.61. The van der Waals surface area contributed by atoms with Gasteiger partial charge in [-0.3, -0.25) is 4.90 Å². The van der Waals surface area contributed by atoms with Crippen molar-refractivity contribution in [2.75, 3.05) is 18.8 Å². The topological polar surface area (TPSA) is 29.3 Å². The average Bonchev–Trinajstić information content (AvgIpc) is 2.10. The number of hydrogen-bond acceptors (Lipinski definition) is 3. The molecule has 0 bridgehead atoms. The number of nitrogens with zero attached hydrogens (tertiary/aromatic N) is 1. The zero-order valence-electron chi connectivity index (χ0n) is 9.33. The van der Waals surface area contributed by atoms with Crippen molar-refractivity contribution in [2.24, 2.45) is 5.73 Å². The highest BCUT2D eigenvalue weighted by Gasteiger charge is 2.37. The van der Waals surface area contributed by atoms with E-state index in [9.17, 15) is 0 Å². The zero-order valence-corrected chi connectivity index (χ0v) is 10.1. The molecule has 14 heavy (non-hydrogen) atoms. The lowest BCUT2D eigenvalue weighted by atomic mass is 9.77. The molecule has 0 aromatic rings. The molecule has 1 saturated carbocycles. The summed E-state index contributed by atoms with van der Waals surface area (Å²) < 4.78 is 0. The molecule has 2 aliphatic rings. The molecule has 1 aliphatic carbocycles. The van der Waals surface area contributed by atoms with Crippen LogP contribution in [0.5, 0.6) is 0 Å². The Morgan fingerprint density at radius 3 is 2.71 bits per heavy atom. The molecule has 1 heterocycles. The van der Waals surface area contributed by atoms with Crippen molar-refractivity contribution in [1.82, 2.24) is 4.90 Å². The van der Waals surface area contributed by atoms with Gasteiger partial charge in [0.05, 0.1) is 0 Å². The zero-order chi connectivity index (χ0) is 10.2. The van der Waals surface area contributed by atoms with Crippen LogP contribution in [-0.4, -0.2) is 40.6 Å². The lowest BCUT2D eigenvalue weighted by molar-refractivity contribution is 0.117. The van der Waals surface area contributed by atoms with E-state index in [0.29, 0.717) is 6.04 Å². The molecule has 82 valence electrons. The van der Waals surface area contributed by atoms with E-state index in [4.69, 9.17) is 5.73 Å². The largest absolute Gasteiger partial charge is 0.324 e. The fraction of sp³-hybridized carbons (Fsp3) is 1.00. The molecule has 1 aliphatic heterocycles. The van der Waals surface area contributed by atoms with Crippen LogP contribution in [0, 0.1) is 0 Å². The molecule has 2 atom stereocenters. The SMILES string of the molecule is CC1SCCN(CC2(N)CCC2)C1C. The fourth-order valence-electron chi connectivity index (χ4n) is 2.41. The summed E-state index contributed by atoms with van der Waals surface area (Å²) in [7, 11) is 0. The Labute approximate surface area is 91.6 Å². The Morgan fingerprint density at radius 2 is 2.14 bits per heavy atom. The van der Waals surface area contributed by atoms with Crippen molar-refractivity contribution in [3.05, 3.63) is 0 Å². The van der Waals surface area contributed by atoms with Crippen molar-refractivity contribution in [3.63, 3.8) is 0 Å². The highest BCUT2D eigenvalue weighted by atomic mass is 32.2. The summed E-state index contributed by atoms with van der Waals surface area (Å²) in [5, 5.41) is 0.771. The van der Waals surface area contributed by atoms with Crippen molar-refractivity contribution in [3.8, 4) is 0 Å². The molecule has 1 saturated heterocycles. The van der Waals surface area contributed by atoms with Crippen LogP contribution in [0.1, 0.15) is 33.1 Å². The van der Waals surface area contributed by atoms with Crippen LogP contribution in [0.4, 0.5) is 0 Å². The first kappa shape index (κ1) is 10.8. The van der Waals surface area contributed by atoms with Gasteiger partial charge in [0.15, 0.2) is 0 Å². The predicted octanol–water partition coefficient (Wildman–Crippen LogP) is 1.69. The third-order valence-electron chi connectivity index (χ3n) is 3.88. The summed E-state index contributed by atoms with van der Waals surface area (Å²) in [5.74, 6) is 1.28. The number of thioether (sulfide) groups is 1. The van der Waals surface area contributed by atoms with Gasteiger partial charge in [0, 0.05) is 35.7 Å². The van der Waals surface area contributed by atoms with Gasteiger partial charge in [0.2, 0.25) is 0 Å². The van der Waals surface area contributed by atoms with Gasteiger partial charge in [-0.15, -0.1) is 0 Å². The van der Waals surface area contributed by atoms with E-state index in [1.54, 1.807) is 0 Å². The minimum atomic E-state index is 0.163. The van der Waals surface area contributed by atoms with Gasteiger partial charge in [0.25, 0.3) is 0 Å². The van der Waals surface area contributed by atoms with Crippen molar-refractivity contribution >= 4 is 11.8 Å². The predicted molar refractivity (Wildman–Crippen MR) is 63.7 cm³/mol. The van der Waals surface area contributed by atoms with Gasteiger partial charge in [-0.05, 0) is 26.2 Å². The van der Waals surface area contributed by atoms with Crippen LogP contribution >= 0.6 is 11.8 Å². The lowest BCUT2D eigenvalue weighted by Gasteiger charge is -2.46. The quantitative estimate of drug-likeness (QED) is 0.758. The van der Waals surface area contributed by atoms with Gasteiger partial charge in [-0.1, -0.05) is 6.92 Å². The second kappa shape index (κ2) is 4.03. The van der Waals surface area contributed by atoms with Crippen LogP contribution in [0.3, 0.4) is 0 Å². The fourth-order valence-corrected chi connectivity index (χ4v) is 3.57. The molecule has 0 aromatic heterocycles. The van der Waals surface area contributed by atoms with Gasteiger partial charge in [-0.2, -0.15) is 11.8 Å². The van der Waals surface area contributed by atoms with Crippen LogP contribution < -0.4 is 5.73 Å². The third kappa shape index (κ3) is 2.10. The van der Waals surface area contributed by atoms with Crippen molar-refractivity contribution in [1.29, 1.82) is 0 Å². The summed E-state index contributed by atoms with van der Waals surface area (Å²) in [6, 6.07) is 0.703. The third-order valence-corrected chi connectivity index (χ3v) is 5.22. The second-order valence-electron chi connectivity index (χ2n) is 5.00. The molecule has 0 spiro atoms. The Hall–Kier alpha value is 0.270. The highest BCUT2D eigenvalue weighted by Crippen LogP contribution is 2.32. The Balaban J connectivity index is 1.89. The Kier molecular flexibility index (Phi) is 3.10. The Bertz CT molecular complexity index is 203. The second-order valence-corrected chi connectivity index (χ2v) is 6.49. The summed E-state index contributed by atoms with van der Waals surface area (Å²) in [6.07, 6.45) is 3.80. The lowest BCUT2D eigenvalue weighted by Crippen LogP contribution is -2.59. The van der Waals surface area contributed by atoms with Gasteiger partial charge < -0.3 is 5.73 Å². The molecule has 2 nitrogen and oxygen atoms in total. The standard InChI is InChI=1S/C11H22N2S/c1-9-10(2)14-7-6-13(9)8-11(12)4-3-5-11/h9-10H,3-8,12H2,1-2H3. The molecule has 0 radical (unpaired) electrons. The normalized spacial score (nSPS) is 37.9. The molecule has 2 unspecified atom stereocenters. The van der Waals surface area contributed by atoms with E-state index in [1.165, 1.54) is 31.6 Å². The number of nitrogens with two attached hydrogens (primary N) is 1. The van der Waals surface area contributed by atoms with Gasteiger partial charge >= 0.3 is 0 Å². The van der Waals surface area contributed by atoms with E-state index in [1.807, 2.05) is 0 Å². The molecule has 2 fully saturated rings. The van der Waals surface area contributed by atoms with E-state index in [2.05, 4.69) is 30.5 Å². The monoisotopic (exact) mass is 214 g/mol. The minimum Gasteiger partial charge on any atom is -0.324 e. The molecular formula is C11H22N2S. The van der Waals surface area contributed by atoms with Gasteiger partial charge in [-0.25, -0.2) is 0 Å². The van der Waals surface area contributed by atoms with E-state index < -0.39 is 0 Å². The van der Waals surface area contributed by atoms with Crippen LogP contribution in [0.15, 0.2) is 0 Å².